The number of carbonyl (C=O) groups is 2. The highest BCUT2D eigenvalue weighted by molar-refractivity contribution is 7.89. The van der Waals surface area contributed by atoms with E-state index in [1.807, 2.05) is 13.8 Å². The van der Waals surface area contributed by atoms with Gasteiger partial charge in [0.15, 0.2) is 0 Å². The first kappa shape index (κ1) is 18.4. The molecule has 0 saturated carbocycles. The first-order chi connectivity index (χ1) is 11.3. The SMILES string of the molecule is CC(C)NC(=O)CNC(=O)c1ccc(S(=O)(=O)N2CCCC2)cc1. The van der Waals surface area contributed by atoms with Gasteiger partial charge in [0.25, 0.3) is 5.91 Å². The summed E-state index contributed by atoms with van der Waals surface area (Å²) in [4.78, 5) is 23.7. The summed E-state index contributed by atoms with van der Waals surface area (Å²) >= 11 is 0. The molecule has 1 aliphatic heterocycles. The predicted octanol–water partition coefficient (Wildman–Crippen LogP) is 0.726. The number of sulfonamides is 1. The minimum absolute atomic E-state index is 0.00415. The lowest BCUT2D eigenvalue weighted by molar-refractivity contribution is -0.120. The Bertz CT molecular complexity index is 693. The Hall–Kier alpha value is -1.93. The molecule has 2 N–H and O–H groups in total. The number of hydrogen-bond acceptors (Lipinski definition) is 4. The van der Waals surface area contributed by atoms with Gasteiger partial charge in [0, 0.05) is 24.7 Å². The highest BCUT2D eigenvalue weighted by atomic mass is 32.2. The van der Waals surface area contributed by atoms with Crippen LogP contribution >= 0.6 is 0 Å². The van der Waals surface area contributed by atoms with Crippen LogP contribution in [0.1, 0.15) is 37.0 Å². The molecule has 0 atom stereocenters. The van der Waals surface area contributed by atoms with Crippen LogP contribution in [-0.4, -0.2) is 50.2 Å². The van der Waals surface area contributed by atoms with Gasteiger partial charge in [-0.15, -0.1) is 0 Å². The lowest BCUT2D eigenvalue weighted by Crippen LogP contribution is -2.39. The van der Waals surface area contributed by atoms with Crippen LogP contribution in [0.4, 0.5) is 0 Å². The van der Waals surface area contributed by atoms with Crippen molar-refractivity contribution in [2.24, 2.45) is 0 Å². The Kier molecular flexibility index (Phi) is 5.95. The van der Waals surface area contributed by atoms with Crippen LogP contribution in [0.5, 0.6) is 0 Å². The van der Waals surface area contributed by atoms with Crippen molar-refractivity contribution in [3.05, 3.63) is 29.8 Å². The molecule has 0 aromatic heterocycles. The van der Waals surface area contributed by atoms with Gasteiger partial charge < -0.3 is 10.6 Å². The van der Waals surface area contributed by atoms with Crippen molar-refractivity contribution in [2.45, 2.75) is 37.6 Å². The van der Waals surface area contributed by atoms with Crippen LogP contribution in [0.3, 0.4) is 0 Å². The molecular weight excluding hydrogens is 330 g/mol. The van der Waals surface area contributed by atoms with Crippen molar-refractivity contribution < 1.29 is 18.0 Å². The van der Waals surface area contributed by atoms with Gasteiger partial charge in [-0.1, -0.05) is 0 Å². The summed E-state index contributed by atoms with van der Waals surface area (Å²) in [6, 6.07) is 5.77. The first-order valence-electron chi connectivity index (χ1n) is 7.98. The number of nitrogens with zero attached hydrogens (tertiary/aromatic N) is 1. The van der Waals surface area contributed by atoms with E-state index < -0.39 is 15.9 Å². The fraction of sp³-hybridized carbons (Fsp3) is 0.500. The van der Waals surface area contributed by atoms with Gasteiger partial charge in [0.1, 0.15) is 0 Å². The van der Waals surface area contributed by atoms with E-state index in [4.69, 9.17) is 0 Å². The van der Waals surface area contributed by atoms with Gasteiger partial charge in [-0.2, -0.15) is 4.31 Å². The molecule has 1 aliphatic rings. The summed E-state index contributed by atoms with van der Waals surface area (Å²) in [5.41, 5.74) is 0.313. The Labute approximate surface area is 142 Å². The van der Waals surface area contributed by atoms with Gasteiger partial charge in [0.2, 0.25) is 15.9 Å². The molecule has 24 heavy (non-hydrogen) atoms. The summed E-state index contributed by atoms with van der Waals surface area (Å²) < 4.78 is 26.3. The average Bonchev–Trinajstić information content (AvgIpc) is 3.07. The largest absolute Gasteiger partial charge is 0.352 e. The summed E-state index contributed by atoms with van der Waals surface area (Å²) in [5.74, 6) is -0.689. The van der Waals surface area contributed by atoms with Crippen LogP contribution in [0.15, 0.2) is 29.2 Å². The Balaban J connectivity index is 1.98. The van der Waals surface area contributed by atoms with Gasteiger partial charge in [-0.05, 0) is 51.0 Å². The molecule has 132 valence electrons. The number of nitrogens with one attached hydrogen (secondary N) is 2. The van der Waals surface area contributed by atoms with Gasteiger partial charge in [-0.25, -0.2) is 8.42 Å². The van der Waals surface area contributed by atoms with E-state index in [0.29, 0.717) is 18.7 Å². The molecule has 2 amide bonds. The monoisotopic (exact) mass is 353 g/mol. The molecule has 1 aromatic carbocycles. The molecule has 7 nitrogen and oxygen atoms in total. The molecule has 2 rings (SSSR count). The van der Waals surface area contributed by atoms with E-state index in [2.05, 4.69) is 10.6 Å². The number of carbonyl (C=O) groups excluding carboxylic acids is 2. The number of hydrogen-bond donors (Lipinski definition) is 2. The quantitative estimate of drug-likeness (QED) is 0.788. The van der Waals surface area contributed by atoms with E-state index in [-0.39, 0.29) is 23.4 Å². The number of rotatable bonds is 6. The fourth-order valence-electron chi connectivity index (χ4n) is 2.49. The van der Waals surface area contributed by atoms with E-state index in [9.17, 15) is 18.0 Å². The van der Waals surface area contributed by atoms with E-state index in [1.54, 1.807) is 0 Å². The molecule has 1 fully saturated rings. The topological polar surface area (TPSA) is 95.6 Å². The standard InChI is InChI=1S/C16H23N3O4S/c1-12(2)18-15(20)11-17-16(21)13-5-7-14(8-6-13)24(22,23)19-9-3-4-10-19/h5-8,12H,3-4,9-11H2,1-2H3,(H,17,21)(H,18,20). The van der Waals surface area contributed by atoms with Crippen molar-refractivity contribution in [1.82, 2.24) is 14.9 Å². The molecular formula is C16H23N3O4S. The van der Waals surface area contributed by atoms with E-state index in [0.717, 1.165) is 12.8 Å². The molecule has 0 radical (unpaired) electrons. The third kappa shape index (κ3) is 4.55. The zero-order valence-corrected chi connectivity index (χ0v) is 14.7. The second-order valence-corrected chi connectivity index (χ2v) is 7.98. The third-order valence-electron chi connectivity index (χ3n) is 3.68. The zero-order chi connectivity index (χ0) is 17.7. The average molecular weight is 353 g/mol. The maximum Gasteiger partial charge on any atom is 0.251 e. The van der Waals surface area contributed by atoms with Gasteiger partial charge in [0.05, 0.1) is 11.4 Å². The smallest absolute Gasteiger partial charge is 0.251 e. The number of amides is 2. The van der Waals surface area contributed by atoms with Gasteiger partial charge >= 0.3 is 0 Å². The highest BCUT2D eigenvalue weighted by Crippen LogP contribution is 2.21. The van der Waals surface area contributed by atoms with Crippen molar-refractivity contribution in [3.63, 3.8) is 0 Å². The maximum atomic E-state index is 12.4. The Morgan fingerprint density at radius 3 is 2.25 bits per heavy atom. The Morgan fingerprint density at radius 1 is 1.12 bits per heavy atom. The second-order valence-electron chi connectivity index (χ2n) is 6.04. The van der Waals surface area contributed by atoms with Crippen molar-refractivity contribution in [1.29, 1.82) is 0 Å². The molecule has 1 heterocycles. The van der Waals surface area contributed by atoms with Crippen LogP contribution in [0.2, 0.25) is 0 Å². The summed E-state index contributed by atoms with van der Waals surface area (Å²) in [7, 11) is -3.48. The minimum Gasteiger partial charge on any atom is -0.352 e. The van der Waals surface area contributed by atoms with Crippen molar-refractivity contribution in [3.8, 4) is 0 Å². The molecule has 8 heteroatoms. The highest BCUT2D eigenvalue weighted by Gasteiger charge is 2.27. The molecule has 0 bridgehead atoms. The molecule has 1 saturated heterocycles. The summed E-state index contributed by atoms with van der Waals surface area (Å²) in [5, 5.41) is 5.18. The van der Waals surface area contributed by atoms with Crippen LogP contribution < -0.4 is 10.6 Å². The maximum absolute atomic E-state index is 12.4. The molecule has 0 spiro atoms. The normalized spacial score (nSPS) is 15.5. The molecule has 0 unspecified atom stereocenters. The Morgan fingerprint density at radius 2 is 1.71 bits per heavy atom. The fourth-order valence-corrected chi connectivity index (χ4v) is 4.01. The van der Waals surface area contributed by atoms with E-state index >= 15 is 0 Å². The van der Waals surface area contributed by atoms with Crippen molar-refractivity contribution in [2.75, 3.05) is 19.6 Å². The predicted molar refractivity (Wildman–Crippen MR) is 90.0 cm³/mol. The zero-order valence-electron chi connectivity index (χ0n) is 13.9. The van der Waals surface area contributed by atoms with Crippen LogP contribution in [0.25, 0.3) is 0 Å². The molecule has 1 aromatic rings. The minimum atomic E-state index is -3.48. The lowest BCUT2D eigenvalue weighted by atomic mass is 10.2. The summed E-state index contributed by atoms with van der Waals surface area (Å²) in [6.45, 7) is 4.62. The van der Waals surface area contributed by atoms with Crippen molar-refractivity contribution >= 4 is 21.8 Å². The lowest BCUT2D eigenvalue weighted by Gasteiger charge is -2.15. The first-order valence-corrected chi connectivity index (χ1v) is 9.42. The van der Waals surface area contributed by atoms with Crippen LogP contribution in [0, 0.1) is 0 Å². The van der Waals surface area contributed by atoms with Crippen LogP contribution in [-0.2, 0) is 14.8 Å². The van der Waals surface area contributed by atoms with E-state index in [1.165, 1.54) is 28.6 Å². The summed E-state index contributed by atoms with van der Waals surface area (Å²) in [6.07, 6.45) is 1.75. The van der Waals surface area contributed by atoms with Gasteiger partial charge in [-0.3, -0.25) is 9.59 Å². The number of benzene rings is 1. The second kappa shape index (κ2) is 7.76. The molecule has 0 aliphatic carbocycles. The third-order valence-corrected chi connectivity index (χ3v) is 5.59.